The Morgan fingerprint density at radius 1 is 1.10 bits per heavy atom. The summed E-state index contributed by atoms with van der Waals surface area (Å²) < 4.78 is 0. The third-order valence-electron chi connectivity index (χ3n) is 3.30. The predicted molar refractivity (Wildman–Crippen MR) is 84.2 cm³/mol. The van der Waals surface area contributed by atoms with Crippen molar-refractivity contribution in [2.45, 2.75) is 6.92 Å². The van der Waals surface area contributed by atoms with Gasteiger partial charge in [0.2, 0.25) is 0 Å². The molecule has 0 atom stereocenters. The molecule has 1 heterocycles. The summed E-state index contributed by atoms with van der Waals surface area (Å²) in [6.45, 7) is 2.00. The standard InChI is InChI=1S/C16H13ClN2O/c1-9-2-4-12-10(6-9)7-15(19-16(12)20)13-5-3-11(17)8-14(13)18/h2-8H,18H2,1H3,(H,19,20). The summed E-state index contributed by atoms with van der Waals surface area (Å²) in [4.78, 5) is 15.0. The molecule has 0 aliphatic carbocycles. The smallest absolute Gasteiger partial charge is 0.256 e. The van der Waals surface area contributed by atoms with Crippen LogP contribution in [0.2, 0.25) is 5.02 Å². The highest BCUT2D eigenvalue weighted by Crippen LogP contribution is 2.28. The first-order valence-corrected chi connectivity index (χ1v) is 6.61. The molecular weight excluding hydrogens is 272 g/mol. The van der Waals surface area contributed by atoms with Crippen LogP contribution in [0.25, 0.3) is 22.0 Å². The number of fused-ring (bicyclic) bond motifs is 1. The first-order chi connectivity index (χ1) is 9.54. The van der Waals surface area contributed by atoms with Crippen LogP contribution < -0.4 is 11.3 Å². The van der Waals surface area contributed by atoms with E-state index in [1.807, 2.05) is 37.3 Å². The van der Waals surface area contributed by atoms with Gasteiger partial charge in [-0.15, -0.1) is 0 Å². The van der Waals surface area contributed by atoms with E-state index in [0.717, 1.165) is 16.5 Å². The van der Waals surface area contributed by atoms with E-state index in [-0.39, 0.29) is 5.56 Å². The van der Waals surface area contributed by atoms with Crippen molar-refractivity contribution in [2.75, 3.05) is 5.73 Å². The molecule has 0 unspecified atom stereocenters. The van der Waals surface area contributed by atoms with E-state index in [2.05, 4.69) is 4.98 Å². The second-order valence-electron chi connectivity index (χ2n) is 4.83. The molecule has 0 bridgehead atoms. The van der Waals surface area contributed by atoms with Gasteiger partial charge in [0.15, 0.2) is 0 Å². The number of aryl methyl sites for hydroxylation is 1. The van der Waals surface area contributed by atoms with Crippen LogP contribution in [0.5, 0.6) is 0 Å². The van der Waals surface area contributed by atoms with Gasteiger partial charge < -0.3 is 10.7 Å². The lowest BCUT2D eigenvalue weighted by atomic mass is 10.0. The summed E-state index contributed by atoms with van der Waals surface area (Å²) in [5, 5.41) is 2.15. The van der Waals surface area contributed by atoms with Crippen molar-refractivity contribution in [3.8, 4) is 11.3 Å². The highest BCUT2D eigenvalue weighted by Gasteiger charge is 2.07. The molecule has 3 aromatic rings. The number of nitrogens with one attached hydrogen (secondary N) is 1. The van der Waals surface area contributed by atoms with Crippen LogP contribution in [0.4, 0.5) is 5.69 Å². The molecule has 2 aromatic carbocycles. The van der Waals surface area contributed by atoms with Gasteiger partial charge in [0.1, 0.15) is 0 Å². The Balaban J connectivity index is 2.29. The average Bonchev–Trinajstić information content (AvgIpc) is 2.37. The summed E-state index contributed by atoms with van der Waals surface area (Å²) in [5.74, 6) is 0. The van der Waals surface area contributed by atoms with Crippen molar-refractivity contribution in [1.29, 1.82) is 0 Å². The fourth-order valence-corrected chi connectivity index (χ4v) is 2.49. The molecule has 100 valence electrons. The molecule has 0 aliphatic rings. The lowest BCUT2D eigenvalue weighted by Crippen LogP contribution is -2.07. The van der Waals surface area contributed by atoms with Crippen molar-refractivity contribution in [2.24, 2.45) is 0 Å². The van der Waals surface area contributed by atoms with Gasteiger partial charge in [0.25, 0.3) is 5.56 Å². The first-order valence-electron chi connectivity index (χ1n) is 6.24. The number of hydrogen-bond acceptors (Lipinski definition) is 2. The minimum absolute atomic E-state index is 0.119. The molecule has 20 heavy (non-hydrogen) atoms. The van der Waals surface area contributed by atoms with E-state index in [1.54, 1.807) is 12.1 Å². The lowest BCUT2D eigenvalue weighted by Gasteiger charge is -2.08. The molecule has 0 fully saturated rings. The number of benzene rings is 2. The fourth-order valence-electron chi connectivity index (χ4n) is 2.31. The number of hydrogen-bond donors (Lipinski definition) is 2. The van der Waals surface area contributed by atoms with Crippen molar-refractivity contribution in [1.82, 2.24) is 4.98 Å². The monoisotopic (exact) mass is 284 g/mol. The second kappa shape index (κ2) is 4.69. The summed E-state index contributed by atoms with van der Waals surface area (Å²) in [6, 6.07) is 12.9. The molecule has 0 radical (unpaired) electrons. The predicted octanol–water partition coefficient (Wildman–Crippen LogP) is 3.74. The highest BCUT2D eigenvalue weighted by molar-refractivity contribution is 6.31. The topological polar surface area (TPSA) is 58.9 Å². The van der Waals surface area contributed by atoms with Crippen LogP contribution in [-0.4, -0.2) is 4.98 Å². The van der Waals surface area contributed by atoms with Gasteiger partial charge in [0.05, 0.1) is 5.69 Å². The van der Waals surface area contributed by atoms with Crippen LogP contribution >= 0.6 is 11.6 Å². The van der Waals surface area contributed by atoms with Crippen molar-refractivity contribution in [3.63, 3.8) is 0 Å². The maximum atomic E-state index is 12.1. The number of aromatic amines is 1. The van der Waals surface area contributed by atoms with Crippen LogP contribution in [0, 0.1) is 6.92 Å². The Morgan fingerprint density at radius 2 is 1.90 bits per heavy atom. The molecule has 4 heteroatoms. The Morgan fingerprint density at radius 3 is 2.65 bits per heavy atom. The average molecular weight is 285 g/mol. The Hall–Kier alpha value is -2.26. The number of nitrogen functional groups attached to an aromatic ring is 1. The first kappa shape index (κ1) is 12.8. The summed E-state index contributed by atoms with van der Waals surface area (Å²) >= 11 is 5.90. The Kier molecular flexibility index (Phi) is 2.99. The number of pyridine rings is 1. The number of H-pyrrole nitrogens is 1. The van der Waals surface area contributed by atoms with Crippen LogP contribution in [0.15, 0.2) is 47.3 Å². The quantitative estimate of drug-likeness (QED) is 0.669. The number of anilines is 1. The van der Waals surface area contributed by atoms with Crippen molar-refractivity contribution in [3.05, 3.63) is 63.4 Å². The molecule has 3 nitrogen and oxygen atoms in total. The summed E-state index contributed by atoms with van der Waals surface area (Å²) in [6.07, 6.45) is 0. The molecule has 0 amide bonds. The molecular formula is C16H13ClN2O. The zero-order chi connectivity index (χ0) is 14.3. The minimum atomic E-state index is -0.119. The van der Waals surface area contributed by atoms with Gasteiger partial charge in [-0.1, -0.05) is 29.3 Å². The maximum Gasteiger partial charge on any atom is 0.256 e. The van der Waals surface area contributed by atoms with Crippen LogP contribution in [0.1, 0.15) is 5.56 Å². The van der Waals surface area contributed by atoms with Gasteiger partial charge in [-0.25, -0.2) is 0 Å². The number of halogens is 1. The van der Waals surface area contributed by atoms with Gasteiger partial charge in [-0.05, 0) is 42.6 Å². The molecule has 0 saturated carbocycles. The SMILES string of the molecule is Cc1ccc2c(=O)[nH]c(-c3ccc(Cl)cc3N)cc2c1. The van der Waals surface area contributed by atoms with E-state index in [9.17, 15) is 4.79 Å². The van der Waals surface area contributed by atoms with Crippen LogP contribution in [-0.2, 0) is 0 Å². The molecule has 0 aliphatic heterocycles. The number of aromatic nitrogens is 1. The maximum absolute atomic E-state index is 12.1. The molecule has 0 spiro atoms. The van der Waals surface area contributed by atoms with E-state index < -0.39 is 0 Å². The van der Waals surface area contributed by atoms with Gasteiger partial charge in [0, 0.05) is 21.7 Å². The zero-order valence-electron chi connectivity index (χ0n) is 10.9. The lowest BCUT2D eigenvalue weighted by molar-refractivity contribution is 1.27. The molecule has 3 N–H and O–H groups in total. The molecule has 0 saturated heterocycles. The van der Waals surface area contributed by atoms with Gasteiger partial charge >= 0.3 is 0 Å². The molecule has 1 aromatic heterocycles. The highest BCUT2D eigenvalue weighted by atomic mass is 35.5. The third kappa shape index (κ3) is 2.17. The third-order valence-corrected chi connectivity index (χ3v) is 3.54. The van der Waals surface area contributed by atoms with Crippen LogP contribution in [0.3, 0.4) is 0 Å². The fraction of sp³-hybridized carbons (Fsp3) is 0.0625. The van der Waals surface area contributed by atoms with E-state index >= 15 is 0 Å². The van der Waals surface area contributed by atoms with Gasteiger partial charge in [-0.2, -0.15) is 0 Å². The number of rotatable bonds is 1. The largest absolute Gasteiger partial charge is 0.398 e. The van der Waals surface area contributed by atoms with E-state index in [1.165, 1.54) is 0 Å². The van der Waals surface area contributed by atoms with Gasteiger partial charge in [-0.3, -0.25) is 4.79 Å². The summed E-state index contributed by atoms with van der Waals surface area (Å²) in [5.41, 5.74) is 8.97. The van der Waals surface area contributed by atoms with Crippen molar-refractivity contribution < 1.29 is 0 Å². The number of nitrogens with two attached hydrogens (primary N) is 1. The normalized spacial score (nSPS) is 10.9. The van der Waals surface area contributed by atoms with E-state index in [0.29, 0.717) is 21.8 Å². The van der Waals surface area contributed by atoms with E-state index in [4.69, 9.17) is 17.3 Å². The van der Waals surface area contributed by atoms with Crippen molar-refractivity contribution >= 4 is 28.1 Å². The Labute approximate surface area is 121 Å². The minimum Gasteiger partial charge on any atom is -0.398 e. The summed E-state index contributed by atoms with van der Waals surface area (Å²) in [7, 11) is 0. The zero-order valence-corrected chi connectivity index (χ0v) is 11.7. The Bertz CT molecular complexity index is 868. The second-order valence-corrected chi connectivity index (χ2v) is 5.27. The molecule has 3 rings (SSSR count).